The summed E-state index contributed by atoms with van der Waals surface area (Å²) in [6, 6.07) is 5.07. The molecule has 3 N–H and O–H groups in total. The predicted octanol–water partition coefficient (Wildman–Crippen LogP) is 2.02. The van der Waals surface area contributed by atoms with Gasteiger partial charge >= 0.3 is 0 Å². The number of hydrogen-bond acceptors (Lipinski definition) is 3. The van der Waals surface area contributed by atoms with Gasteiger partial charge in [-0.15, -0.1) is 0 Å². The molecule has 1 aromatic carbocycles. The highest BCUT2D eigenvalue weighted by atomic mass is 35.5. The molecule has 1 aromatic rings. The minimum Gasteiger partial charge on any atom is -0.489 e. The van der Waals surface area contributed by atoms with E-state index in [2.05, 4.69) is 5.32 Å². The Bertz CT molecular complexity index is 380. The molecule has 0 aliphatic carbocycles. The third kappa shape index (κ3) is 3.72. The molecule has 0 spiro atoms. The summed E-state index contributed by atoms with van der Waals surface area (Å²) in [5.41, 5.74) is 5.79. The molecule has 88 valence electrons. The molecular formula is C11H15ClN2O2. The Kier molecular flexibility index (Phi) is 4.58. The second-order valence-corrected chi connectivity index (χ2v) is 3.97. The van der Waals surface area contributed by atoms with E-state index >= 15 is 0 Å². The van der Waals surface area contributed by atoms with Crippen molar-refractivity contribution in [2.24, 2.45) is 5.73 Å². The van der Waals surface area contributed by atoms with Crippen molar-refractivity contribution < 1.29 is 9.53 Å². The third-order valence-corrected chi connectivity index (χ3v) is 2.06. The van der Waals surface area contributed by atoms with Crippen molar-refractivity contribution in [3.05, 3.63) is 23.2 Å². The van der Waals surface area contributed by atoms with Gasteiger partial charge in [-0.25, -0.2) is 0 Å². The summed E-state index contributed by atoms with van der Waals surface area (Å²) in [5, 5.41) is 3.07. The number of amides is 1. The highest BCUT2D eigenvalue weighted by Gasteiger charge is 2.06. The minimum absolute atomic E-state index is 0.0537. The predicted molar refractivity (Wildman–Crippen MR) is 64.9 cm³/mol. The van der Waals surface area contributed by atoms with Crippen LogP contribution in [0.15, 0.2) is 18.2 Å². The third-order valence-electron chi connectivity index (χ3n) is 1.76. The van der Waals surface area contributed by atoms with Crippen LogP contribution in [0.3, 0.4) is 0 Å². The molecule has 0 unspecified atom stereocenters. The van der Waals surface area contributed by atoms with Gasteiger partial charge < -0.3 is 15.8 Å². The van der Waals surface area contributed by atoms with Gasteiger partial charge in [0.15, 0.2) is 0 Å². The molecule has 0 heterocycles. The molecule has 0 aromatic heterocycles. The highest BCUT2D eigenvalue weighted by Crippen LogP contribution is 2.28. The van der Waals surface area contributed by atoms with Gasteiger partial charge in [-0.1, -0.05) is 11.6 Å². The van der Waals surface area contributed by atoms with Crippen molar-refractivity contribution in [2.75, 3.05) is 11.9 Å². The number of hydrogen-bond donors (Lipinski definition) is 2. The summed E-state index contributed by atoms with van der Waals surface area (Å²) in [7, 11) is 0. The number of carbonyl (C=O) groups is 1. The normalized spacial score (nSPS) is 10.3. The Balaban J connectivity index is 2.78. The first-order chi connectivity index (χ1) is 7.52. The van der Waals surface area contributed by atoms with Gasteiger partial charge in [-0.05, 0) is 32.0 Å². The Labute approximate surface area is 99.7 Å². The van der Waals surface area contributed by atoms with Crippen LogP contribution in [0.2, 0.25) is 5.02 Å². The minimum atomic E-state index is -0.256. The maximum Gasteiger partial charge on any atom is 0.238 e. The number of rotatable bonds is 4. The van der Waals surface area contributed by atoms with Crippen LogP contribution in [0.4, 0.5) is 5.69 Å². The summed E-state index contributed by atoms with van der Waals surface area (Å²) >= 11 is 5.99. The monoisotopic (exact) mass is 242 g/mol. The molecule has 0 fully saturated rings. The number of anilines is 1. The van der Waals surface area contributed by atoms with Crippen LogP contribution in [-0.4, -0.2) is 18.6 Å². The largest absolute Gasteiger partial charge is 0.489 e. The summed E-state index contributed by atoms with van der Waals surface area (Å²) in [4.78, 5) is 11.0. The molecule has 1 rings (SSSR count). The standard InChI is InChI=1S/C11H15ClN2O2/c1-7(2)16-10-4-3-8(5-9(10)12)14-11(15)6-13/h3-5,7H,6,13H2,1-2H3,(H,14,15). The first kappa shape index (κ1) is 12.8. The SMILES string of the molecule is CC(C)Oc1ccc(NC(=O)CN)cc1Cl. The summed E-state index contributed by atoms with van der Waals surface area (Å²) < 4.78 is 5.46. The Morgan fingerprint density at radius 1 is 1.56 bits per heavy atom. The number of carbonyl (C=O) groups excluding carboxylic acids is 1. The second-order valence-electron chi connectivity index (χ2n) is 3.56. The Hall–Kier alpha value is -1.26. The van der Waals surface area contributed by atoms with E-state index in [9.17, 15) is 4.79 Å². The van der Waals surface area contributed by atoms with Crippen molar-refractivity contribution in [1.82, 2.24) is 0 Å². The van der Waals surface area contributed by atoms with Gasteiger partial charge in [-0.2, -0.15) is 0 Å². The van der Waals surface area contributed by atoms with Gasteiger partial charge in [0.05, 0.1) is 17.7 Å². The fourth-order valence-electron chi connectivity index (χ4n) is 1.14. The number of nitrogens with one attached hydrogen (secondary N) is 1. The van der Waals surface area contributed by atoms with Crippen LogP contribution in [-0.2, 0) is 4.79 Å². The van der Waals surface area contributed by atoms with Crippen molar-refractivity contribution in [1.29, 1.82) is 0 Å². The summed E-state index contributed by atoms with van der Waals surface area (Å²) in [5.74, 6) is 0.344. The zero-order chi connectivity index (χ0) is 12.1. The zero-order valence-electron chi connectivity index (χ0n) is 9.29. The van der Waals surface area contributed by atoms with Crippen LogP contribution >= 0.6 is 11.6 Å². The van der Waals surface area contributed by atoms with Crippen molar-refractivity contribution in [3.63, 3.8) is 0 Å². The molecule has 0 aliphatic rings. The number of benzene rings is 1. The lowest BCUT2D eigenvalue weighted by molar-refractivity contribution is -0.114. The number of nitrogens with two attached hydrogens (primary N) is 1. The van der Waals surface area contributed by atoms with Crippen LogP contribution in [0.5, 0.6) is 5.75 Å². The second kappa shape index (κ2) is 5.72. The molecule has 5 heteroatoms. The topological polar surface area (TPSA) is 64.3 Å². The van der Waals surface area contributed by atoms with Crippen molar-refractivity contribution >= 4 is 23.2 Å². The average molecular weight is 243 g/mol. The first-order valence-corrected chi connectivity index (χ1v) is 5.37. The van der Waals surface area contributed by atoms with Gasteiger partial charge in [0, 0.05) is 5.69 Å². The molecular weight excluding hydrogens is 228 g/mol. The van der Waals surface area contributed by atoms with E-state index in [1.165, 1.54) is 0 Å². The fourth-order valence-corrected chi connectivity index (χ4v) is 1.37. The number of halogens is 1. The van der Waals surface area contributed by atoms with Crippen molar-refractivity contribution in [2.45, 2.75) is 20.0 Å². The van der Waals surface area contributed by atoms with E-state index in [0.717, 1.165) is 0 Å². The highest BCUT2D eigenvalue weighted by molar-refractivity contribution is 6.32. The van der Waals surface area contributed by atoms with Gasteiger partial charge in [0.1, 0.15) is 5.75 Å². The molecule has 0 saturated heterocycles. The smallest absolute Gasteiger partial charge is 0.238 e. The maximum atomic E-state index is 11.0. The van der Waals surface area contributed by atoms with Gasteiger partial charge in [-0.3, -0.25) is 4.79 Å². The molecule has 4 nitrogen and oxygen atoms in total. The molecule has 0 bridgehead atoms. The van der Waals surface area contributed by atoms with E-state index < -0.39 is 0 Å². The van der Waals surface area contributed by atoms with Gasteiger partial charge in [0.25, 0.3) is 0 Å². The summed E-state index contributed by atoms with van der Waals surface area (Å²) in [6.07, 6.45) is 0.0574. The van der Waals surface area contributed by atoms with E-state index in [-0.39, 0.29) is 18.6 Å². The summed E-state index contributed by atoms with van der Waals surface area (Å²) in [6.45, 7) is 3.78. The zero-order valence-corrected chi connectivity index (χ0v) is 10.0. The first-order valence-electron chi connectivity index (χ1n) is 4.99. The quantitative estimate of drug-likeness (QED) is 0.849. The maximum absolute atomic E-state index is 11.0. The van der Waals surface area contributed by atoms with Crippen LogP contribution in [0, 0.1) is 0 Å². The van der Waals surface area contributed by atoms with E-state index in [0.29, 0.717) is 16.5 Å². The molecule has 0 radical (unpaired) electrons. The van der Waals surface area contributed by atoms with Crippen LogP contribution in [0.25, 0.3) is 0 Å². The molecule has 16 heavy (non-hydrogen) atoms. The van der Waals surface area contributed by atoms with Crippen LogP contribution in [0.1, 0.15) is 13.8 Å². The lowest BCUT2D eigenvalue weighted by Crippen LogP contribution is -2.21. The Morgan fingerprint density at radius 2 is 2.25 bits per heavy atom. The lowest BCUT2D eigenvalue weighted by atomic mass is 10.3. The van der Waals surface area contributed by atoms with Gasteiger partial charge in [0.2, 0.25) is 5.91 Å². The lowest BCUT2D eigenvalue weighted by Gasteiger charge is -2.12. The Morgan fingerprint density at radius 3 is 2.75 bits per heavy atom. The molecule has 0 atom stereocenters. The van der Waals surface area contributed by atoms with Crippen molar-refractivity contribution in [3.8, 4) is 5.75 Å². The van der Waals surface area contributed by atoms with E-state index in [1.54, 1.807) is 18.2 Å². The van der Waals surface area contributed by atoms with Crippen LogP contribution < -0.4 is 15.8 Å². The fraction of sp³-hybridized carbons (Fsp3) is 0.364. The molecule has 1 amide bonds. The molecule has 0 aliphatic heterocycles. The average Bonchev–Trinajstić information content (AvgIpc) is 2.21. The van der Waals surface area contributed by atoms with E-state index in [4.69, 9.17) is 22.1 Å². The van der Waals surface area contributed by atoms with E-state index in [1.807, 2.05) is 13.8 Å². The molecule has 0 saturated carbocycles. The number of ether oxygens (including phenoxy) is 1.